The fourth-order valence-corrected chi connectivity index (χ4v) is 2.48. The largest absolute Gasteiger partial charge is 0.489 e. The summed E-state index contributed by atoms with van der Waals surface area (Å²) in [7, 11) is 0. The number of aryl methyl sites for hydroxylation is 1. The summed E-state index contributed by atoms with van der Waals surface area (Å²) in [6, 6.07) is 9.44. The Labute approximate surface area is 115 Å². The van der Waals surface area contributed by atoms with E-state index in [4.69, 9.17) is 4.74 Å². The summed E-state index contributed by atoms with van der Waals surface area (Å²) < 4.78 is 32.1. The van der Waals surface area contributed by atoms with E-state index in [2.05, 4.69) is 0 Å². The van der Waals surface area contributed by atoms with E-state index >= 15 is 0 Å². The molecule has 0 fully saturated rings. The van der Waals surface area contributed by atoms with Crippen molar-refractivity contribution in [3.63, 3.8) is 0 Å². The van der Waals surface area contributed by atoms with Crippen LogP contribution >= 0.6 is 0 Å². The predicted molar refractivity (Wildman–Crippen MR) is 70.4 cm³/mol. The molecule has 0 aliphatic heterocycles. The topological polar surface area (TPSA) is 29.5 Å². The van der Waals surface area contributed by atoms with E-state index in [0.717, 1.165) is 30.0 Å². The molecule has 0 aromatic heterocycles. The van der Waals surface area contributed by atoms with Crippen LogP contribution < -0.4 is 4.74 Å². The Morgan fingerprint density at radius 2 is 2.05 bits per heavy atom. The van der Waals surface area contributed by atoms with Gasteiger partial charge in [0.15, 0.2) is 11.6 Å². The van der Waals surface area contributed by atoms with Crippen LogP contribution in [0.25, 0.3) is 0 Å². The molecule has 1 aliphatic rings. The number of hydrogen-bond donors (Lipinski definition) is 1. The lowest BCUT2D eigenvalue weighted by atomic mass is 10.1. The lowest BCUT2D eigenvalue weighted by Crippen LogP contribution is -2.01. The number of benzene rings is 2. The normalized spacial score (nSPS) is 17.1. The first kappa shape index (κ1) is 13.1. The molecule has 2 nitrogen and oxygen atoms in total. The van der Waals surface area contributed by atoms with E-state index in [9.17, 15) is 13.9 Å². The van der Waals surface area contributed by atoms with Gasteiger partial charge in [0.1, 0.15) is 12.4 Å². The molecule has 1 N–H and O–H groups in total. The van der Waals surface area contributed by atoms with Gasteiger partial charge in [0.25, 0.3) is 0 Å². The van der Waals surface area contributed by atoms with E-state index in [1.807, 2.05) is 12.1 Å². The molecule has 0 saturated heterocycles. The molecule has 1 atom stereocenters. The van der Waals surface area contributed by atoms with Gasteiger partial charge in [-0.15, -0.1) is 0 Å². The van der Waals surface area contributed by atoms with Gasteiger partial charge in [-0.3, -0.25) is 0 Å². The van der Waals surface area contributed by atoms with E-state index in [1.165, 1.54) is 12.1 Å². The predicted octanol–water partition coefficient (Wildman–Crippen LogP) is 3.52. The van der Waals surface area contributed by atoms with Crippen LogP contribution in [0.2, 0.25) is 0 Å². The summed E-state index contributed by atoms with van der Waals surface area (Å²) in [5, 5.41) is 9.71. The number of halogens is 2. The van der Waals surface area contributed by atoms with Gasteiger partial charge in [0, 0.05) is 5.56 Å². The monoisotopic (exact) mass is 276 g/mol. The summed E-state index contributed by atoms with van der Waals surface area (Å²) in [6.07, 6.45) is 1.12. The molecule has 0 spiro atoms. The third-order valence-corrected chi connectivity index (χ3v) is 3.59. The third kappa shape index (κ3) is 2.39. The lowest BCUT2D eigenvalue weighted by molar-refractivity contribution is 0.180. The first-order valence-electron chi connectivity index (χ1n) is 6.52. The third-order valence-electron chi connectivity index (χ3n) is 3.59. The van der Waals surface area contributed by atoms with E-state index in [-0.39, 0.29) is 12.2 Å². The average Bonchev–Trinajstić information content (AvgIpc) is 2.82. The van der Waals surface area contributed by atoms with Crippen molar-refractivity contribution < 1.29 is 18.6 Å². The van der Waals surface area contributed by atoms with Crippen LogP contribution in [0.4, 0.5) is 8.78 Å². The quantitative estimate of drug-likeness (QED) is 0.929. The van der Waals surface area contributed by atoms with Gasteiger partial charge in [-0.25, -0.2) is 8.78 Å². The standard InChI is InChI=1S/C16H14F2O2/c17-14-3-1-2-11(16(14)18)9-20-12-5-6-13-10(8-12)4-7-15(13)19/h1-3,5-6,8,15,19H,4,7,9H2. The average molecular weight is 276 g/mol. The number of hydrogen-bond acceptors (Lipinski definition) is 2. The second-order valence-corrected chi connectivity index (χ2v) is 4.92. The van der Waals surface area contributed by atoms with Crippen molar-refractivity contribution in [2.45, 2.75) is 25.6 Å². The second kappa shape index (κ2) is 5.21. The van der Waals surface area contributed by atoms with Crippen LogP contribution in [0.3, 0.4) is 0 Å². The highest BCUT2D eigenvalue weighted by molar-refractivity contribution is 5.40. The van der Waals surface area contributed by atoms with Crippen LogP contribution in [0.15, 0.2) is 36.4 Å². The maximum absolute atomic E-state index is 13.5. The first-order valence-corrected chi connectivity index (χ1v) is 6.52. The SMILES string of the molecule is OC1CCc2cc(OCc3cccc(F)c3F)ccc21. The minimum absolute atomic E-state index is 0.0229. The lowest BCUT2D eigenvalue weighted by Gasteiger charge is -2.10. The molecule has 0 saturated carbocycles. The van der Waals surface area contributed by atoms with Crippen LogP contribution in [0.5, 0.6) is 5.75 Å². The minimum atomic E-state index is -0.872. The summed E-state index contributed by atoms with van der Waals surface area (Å²) in [5.41, 5.74) is 2.16. The molecule has 104 valence electrons. The molecular formula is C16H14F2O2. The molecule has 3 rings (SSSR count). The highest BCUT2D eigenvalue weighted by Gasteiger charge is 2.20. The smallest absolute Gasteiger partial charge is 0.165 e. The molecule has 1 aliphatic carbocycles. The molecule has 2 aromatic carbocycles. The summed E-state index contributed by atoms with van der Waals surface area (Å²) in [4.78, 5) is 0. The maximum atomic E-state index is 13.5. The van der Waals surface area contributed by atoms with Gasteiger partial charge in [-0.05, 0) is 42.2 Å². The first-order chi connectivity index (χ1) is 9.65. The van der Waals surface area contributed by atoms with Crippen molar-refractivity contribution in [3.8, 4) is 5.75 Å². The van der Waals surface area contributed by atoms with Crippen molar-refractivity contribution in [2.75, 3.05) is 0 Å². The fourth-order valence-electron chi connectivity index (χ4n) is 2.48. The fraction of sp³-hybridized carbons (Fsp3) is 0.250. The summed E-state index contributed by atoms with van der Waals surface area (Å²) in [6.45, 7) is -0.0229. The van der Waals surface area contributed by atoms with Crippen LogP contribution in [-0.4, -0.2) is 5.11 Å². The Kier molecular flexibility index (Phi) is 3.40. The molecule has 2 aromatic rings. The van der Waals surface area contributed by atoms with Gasteiger partial charge in [-0.1, -0.05) is 18.2 Å². The maximum Gasteiger partial charge on any atom is 0.165 e. The van der Waals surface area contributed by atoms with Gasteiger partial charge < -0.3 is 9.84 Å². The van der Waals surface area contributed by atoms with Gasteiger partial charge in [-0.2, -0.15) is 0 Å². The van der Waals surface area contributed by atoms with Gasteiger partial charge >= 0.3 is 0 Å². The Morgan fingerprint density at radius 1 is 1.20 bits per heavy atom. The van der Waals surface area contributed by atoms with Crippen molar-refractivity contribution in [1.82, 2.24) is 0 Å². The van der Waals surface area contributed by atoms with Gasteiger partial charge in [0.05, 0.1) is 6.10 Å². The van der Waals surface area contributed by atoms with Crippen LogP contribution in [-0.2, 0) is 13.0 Å². The van der Waals surface area contributed by atoms with E-state index in [1.54, 1.807) is 6.07 Å². The minimum Gasteiger partial charge on any atom is -0.489 e. The summed E-state index contributed by atoms with van der Waals surface area (Å²) in [5.74, 6) is -1.14. The highest BCUT2D eigenvalue weighted by Crippen LogP contribution is 2.33. The summed E-state index contributed by atoms with van der Waals surface area (Å²) >= 11 is 0. The Bertz CT molecular complexity index is 640. The molecule has 4 heteroatoms. The van der Waals surface area contributed by atoms with Crippen molar-refractivity contribution in [1.29, 1.82) is 0 Å². The number of rotatable bonds is 3. The second-order valence-electron chi connectivity index (χ2n) is 4.92. The molecule has 20 heavy (non-hydrogen) atoms. The molecule has 1 unspecified atom stereocenters. The Morgan fingerprint density at radius 3 is 2.90 bits per heavy atom. The number of ether oxygens (including phenoxy) is 1. The Balaban J connectivity index is 1.74. The highest BCUT2D eigenvalue weighted by atomic mass is 19.2. The Hall–Kier alpha value is -1.94. The molecule has 0 radical (unpaired) electrons. The zero-order valence-corrected chi connectivity index (χ0v) is 10.8. The van der Waals surface area contributed by atoms with Crippen molar-refractivity contribution >= 4 is 0 Å². The molecular weight excluding hydrogens is 262 g/mol. The van der Waals surface area contributed by atoms with Crippen molar-refractivity contribution in [3.05, 3.63) is 64.7 Å². The van der Waals surface area contributed by atoms with E-state index < -0.39 is 17.7 Å². The van der Waals surface area contributed by atoms with E-state index in [0.29, 0.717) is 5.75 Å². The number of aliphatic hydroxyl groups is 1. The zero-order chi connectivity index (χ0) is 14.1. The number of aliphatic hydroxyl groups excluding tert-OH is 1. The zero-order valence-electron chi connectivity index (χ0n) is 10.8. The number of fused-ring (bicyclic) bond motifs is 1. The molecule has 0 bridgehead atoms. The van der Waals surface area contributed by atoms with Gasteiger partial charge in [0.2, 0.25) is 0 Å². The van der Waals surface area contributed by atoms with Crippen LogP contribution in [0.1, 0.15) is 29.2 Å². The molecule has 0 heterocycles. The van der Waals surface area contributed by atoms with Crippen molar-refractivity contribution in [2.24, 2.45) is 0 Å². The molecule has 0 amide bonds. The van der Waals surface area contributed by atoms with Crippen LogP contribution in [0, 0.1) is 11.6 Å².